The second-order valence-electron chi connectivity index (χ2n) is 4.32. The van der Waals surface area contributed by atoms with E-state index < -0.39 is 10.0 Å². The van der Waals surface area contributed by atoms with Gasteiger partial charge >= 0.3 is 0 Å². The second kappa shape index (κ2) is 5.88. The zero-order valence-corrected chi connectivity index (χ0v) is 11.6. The Bertz CT molecular complexity index is 604. The van der Waals surface area contributed by atoms with Crippen molar-refractivity contribution in [3.63, 3.8) is 0 Å². The number of imidazole rings is 1. The minimum Gasteiger partial charge on any atom is -0.345 e. The molecule has 102 valence electrons. The predicted molar refractivity (Wildman–Crippen MR) is 76.3 cm³/mol. The van der Waals surface area contributed by atoms with E-state index in [1.165, 1.54) is 0 Å². The van der Waals surface area contributed by atoms with Crippen molar-refractivity contribution in [1.82, 2.24) is 9.97 Å². The fourth-order valence-corrected chi connectivity index (χ4v) is 2.96. The zero-order valence-electron chi connectivity index (χ0n) is 10.8. The molecule has 0 aliphatic heterocycles. The summed E-state index contributed by atoms with van der Waals surface area (Å²) in [5.74, 6) is 0.159. The minimum absolute atomic E-state index is 0.159. The molecule has 1 aromatic heterocycles. The topological polar surface area (TPSA) is 74.8 Å². The van der Waals surface area contributed by atoms with Crippen LogP contribution >= 0.6 is 0 Å². The number of unbranched alkanes of at least 4 members (excludes halogenated alkanes) is 1. The van der Waals surface area contributed by atoms with E-state index >= 15 is 0 Å². The molecule has 2 aromatic rings. The van der Waals surface area contributed by atoms with Crippen LogP contribution in [0.15, 0.2) is 36.8 Å². The van der Waals surface area contributed by atoms with Gasteiger partial charge in [0.05, 0.1) is 24.0 Å². The van der Waals surface area contributed by atoms with Crippen LogP contribution in [0.2, 0.25) is 0 Å². The van der Waals surface area contributed by atoms with E-state index in [-0.39, 0.29) is 5.75 Å². The van der Waals surface area contributed by atoms with Crippen LogP contribution in [0.4, 0.5) is 5.69 Å². The van der Waals surface area contributed by atoms with E-state index in [1.807, 2.05) is 19.1 Å². The van der Waals surface area contributed by atoms with Crippen molar-refractivity contribution in [2.45, 2.75) is 19.8 Å². The summed E-state index contributed by atoms with van der Waals surface area (Å²) in [5.41, 5.74) is 2.45. The molecule has 5 nitrogen and oxygen atoms in total. The number of nitrogens with one attached hydrogen (secondary N) is 2. The smallest absolute Gasteiger partial charge is 0.232 e. The molecule has 0 amide bonds. The van der Waals surface area contributed by atoms with Gasteiger partial charge in [-0.3, -0.25) is 4.72 Å². The van der Waals surface area contributed by atoms with Gasteiger partial charge in [0.15, 0.2) is 0 Å². The van der Waals surface area contributed by atoms with E-state index in [0.29, 0.717) is 12.1 Å². The molecule has 0 aliphatic carbocycles. The quantitative estimate of drug-likeness (QED) is 0.853. The van der Waals surface area contributed by atoms with Crippen LogP contribution in [0.25, 0.3) is 11.3 Å². The van der Waals surface area contributed by atoms with Crippen molar-refractivity contribution in [3.05, 3.63) is 36.8 Å². The molecule has 1 aromatic carbocycles. The summed E-state index contributed by atoms with van der Waals surface area (Å²) in [4.78, 5) is 6.95. The SMILES string of the molecule is CCCCS(=O)(=O)Nc1ccc(-c2cnc[nH]2)cc1. The summed E-state index contributed by atoms with van der Waals surface area (Å²) >= 11 is 0. The third-order valence-electron chi connectivity index (χ3n) is 2.73. The highest BCUT2D eigenvalue weighted by Gasteiger charge is 2.09. The van der Waals surface area contributed by atoms with Crippen molar-refractivity contribution in [3.8, 4) is 11.3 Å². The van der Waals surface area contributed by atoms with Gasteiger partial charge in [-0.2, -0.15) is 0 Å². The molecule has 19 heavy (non-hydrogen) atoms. The molecule has 0 radical (unpaired) electrons. The first-order chi connectivity index (χ1) is 9.11. The van der Waals surface area contributed by atoms with E-state index in [0.717, 1.165) is 17.7 Å². The van der Waals surface area contributed by atoms with Gasteiger partial charge in [0, 0.05) is 5.69 Å². The van der Waals surface area contributed by atoms with Gasteiger partial charge in [-0.1, -0.05) is 25.5 Å². The van der Waals surface area contributed by atoms with Crippen molar-refractivity contribution < 1.29 is 8.42 Å². The average Bonchev–Trinajstić information content (AvgIpc) is 2.91. The molecule has 0 saturated carbocycles. The lowest BCUT2D eigenvalue weighted by atomic mass is 10.1. The molecule has 6 heteroatoms. The third-order valence-corrected chi connectivity index (χ3v) is 4.11. The summed E-state index contributed by atoms with van der Waals surface area (Å²) in [6.45, 7) is 1.97. The number of benzene rings is 1. The first-order valence-electron chi connectivity index (χ1n) is 6.20. The van der Waals surface area contributed by atoms with Crippen LogP contribution in [0.1, 0.15) is 19.8 Å². The summed E-state index contributed by atoms with van der Waals surface area (Å²) in [6, 6.07) is 7.20. The maximum Gasteiger partial charge on any atom is 0.232 e. The fraction of sp³-hybridized carbons (Fsp3) is 0.308. The Kier molecular flexibility index (Phi) is 4.21. The maximum atomic E-state index is 11.7. The Morgan fingerprint density at radius 2 is 2.00 bits per heavy atom. The lowest BCUT2D eigenvalue weighted by Crippen LogP contribution is -2.16. The summed E-state index contributed by atoms with van der Waals surface area (Å²) < 4.78 is 26.1. The number of sulfonamides is 1. The average molecular weight is 279 g/mol. The first-order valence-corrected chi connectivity index (χ1v) is 7.85. The molecule has 0 fully saturated rings. The number of H-pyrrole nitrogens is 1. The van der Waals surface area contributed by atoms with Crippen molar-refractivity contribution in [1.29, 1.82) is 0 Å². The molecule has 2 N–H and O–H groups in total. The van der Waals surface area contributed by atoms with Crippen molar-refractivity contribution in [2.75, 3.05) is 10.5 Å². The summed E-state index contributed by atoms with van der Waals surface area (Å²) in [7, 11) is -3.23. The number of nitrogens with zero attached hydrogens (tertiary/aromatic N) is 1. The Balaban J connectivity index is 2.07. The Morgan fingerprint density at radius 1 is 1.26 bits per heavy atom. The van der Waals surface area contributed by atoms with Crippen LogP contribution in [0.5, 0.6) is 0 Å². The van der Waals surface area contributed by atoms with Gasteiger partial charge < -0.3 is 4.98 Å². The van der Waals surface area contributed by atoms with E-state index in [4.69, 9.17) is 0 Å². The minimum atomic E-state index is -3.23. The highest BCUT2D eigenvalue weighted by molar-refractivity contribution is 7.92. The third kappa shape index (κ3) is 3.82. The summed E-state index contributed by atoms with van der Waals surface area (Å²) in [6.07, 6.45) is 4.86. The molecule has 0 atom stereocenters. The predicted octanol–water partition coefficient (Wildman–Crippen LogP) is 2.62. The number of rotatable bonds is 6. The Labute approximate surface area is 113 Å². The van der Waals surface area contributed by atoms with Crippen LogP contribution in [0, 0.1) is 0 Å². The number of aromatic nitrogens is 2. The van der Waals surface area contributed by atoms with Gasteiger partial charge in [0.1, 0.15) is 0 Å². The number of anilines is 1. The van der Waals surface area contributed by atoms with E-state index in [9.17, 15) is 8.42 Å². The fourth-order valence-electron chi connectivity index (χ4n) is 1.70. The van der Waals surface area contributed by atoms with Crippen LogP contribution in [0.3, 0.4) is 0 Å². The monoisotopic (exact) mass is 279 g/mol. The molecule has 2 rings (SSSR count). The van der Waals surface area contributed by atoms with Gasteiger partial charge in [-0.15, -0.1) is 0 Å². The zero-order chi connectivity index (χ0) is 13.7. The van der Waals surface area contributed by atoms with Crippen LogP contribution in [-0.4, -0.2) is 24.1 Å². The molecular weight excluding hydrogens is 262 g/mol. The standard InChI is InChI=1S/C13H17N3O2S/c1-2-3-8-19(17,18)16-12-6-4-11(5-7-12)13-9-14-10-15-13/h4-7,9-10,16H,2-3,8H2,1H3,(H,14,15). The Morgan fingerprint density at radius 3 is 2.58 bits per heavy atom. The lowest BCUT2D eigenvalue weighted by molar-refractivity contribution is 0.598. The van der Waals surface area contributed by atoms with Crippen LogP contribution in [-0.2, 0) is 10.0 Å². The van der Waals surface area contributed by atoms with Gasteiger partial charge in [-0.05, 0) is 24.1 Å². The Hall–Kier alpha value is -1.82. The van der Waals surface area contributed by atoms with Gasteiger partial charge in [0.2, 0.25) is 10.0 Å². The highest BCUT2D eigenvalue weighted by atomic mass is 32.2. The van der Waals surface area contributed by atoms with Crippen molar-refractivity contribution in [2.24, 2.45) is 0 Å². The molecule has 0 aliphatic rings. The second-order valence-corrected chi connectivity index (χ2v) is 6.16. The van der Waals surface area contributed by atoms with Crippen LogP contribution < -0.4 is 4.72 Å². The molecule has 0 saturated heterocycles. The highest BCUT2D eigenvalue weighted by Crippen LogP contribution is 2.19. The first kappa shape index (κ1) is 13.6. The molecule has 1 heterocycles. The molecule has 0 unspecified atom stereocenters. The van der Waals surface area contributed by atoms with E-state index in [2.05, 4.69) is 14.7 Å². The number of aromatic amines is 1. The largest absolute Gasteiger partial charge is 0.345 e. The maximum absolute atomic E-state index is 11.7. The van der Waals surface area contributed by atoms with Gasteiger partial charge in [-0.25, -0.2) is 13.4 Å². The molecular formula is C13H17N3O2S. The number of hydrogen-bond acceptors (Lipinski definition) is 3. The lowest BCUT2D eigenvalue weighted by Gasteiger charge is -2.07. The molecule has 0 spiro atoms. The summed E-state index contributed by atoms with van der Waals surface area (Å²) in [5, 5.41) is 0. The van der Waals surface area contributed by atoms with Crippen molar-refractivity contribution >= 4 is 15.7 Å². The normalized spacial score (nSPS) is 11.4. The number of hydrogen-bond donors (Lipinski definition) is 2. The van der Waals surface area contributed by atoms with Gasteiger partial charge in [0.25, 0.3) is 0 Å². The molecule has 0 bridgehead atoms. The van der Waals surface area contributed by atoms with E-state index in [1.54, 1.807) is 24.7 Å².